The molecule has 0 radical (unpaired) electrons. The molecule has 0 aliphatic carbocycles. The molecule has 3 aromatic rings. The predicted molar refractivity (Wildman–Crippen MR) is 103 cm³/mol. The van der Waals surface area contributed by atoms with Gasteiger partial charge in [-0.2, -0.15) is 5.10 Å². The molecule has 1 atom stereocenters. The first-order valence-electron chi connectivity index (χ1n) is 8.56. The first kappa shape index (κ1) is 16.7. The van der Waals surface area contributed by atoms with Crippen LogP contribution in [0.15, 0.2) is 54.6 Å². The fourth-order valence-electron chi connectivity index (χ4n) is 3.34. The molecule has 2 N–H and O–H groups in total. The van der Waals surface area contributed by atoms with Gasteiger partial charge in [0.2, 0.25) is 0 Å². The lowest BCUT2D eigenvalue weighted by Gasteiger charge is -2.33. The fourth-order valence-corrected chi connectivity index (χ4v) is 3.53. The quantitative estimate of drug-likeness (QED) is 0.690. The smallest absolute Gasteiger partial charge is 0.317 e. The van der Waals surface area contributed by atoms with Crippen molar-refractivity contribution in [3.05, 3.63) is 70.9 Å². The number of carbonyl (C=O) groups is 1. The summed E-state index contributed by atoms with van der Waals surface area (Å²) in [5, 5.41) is 11.2. The minimum absolute atomic E-state index is 0.0748. The number of halogens is 1. The van der Waals surface area contributed by atoms with E-state index in [-0.39, 0.29) is 12.1 Å². The number of nitrogens with zero attached hydrogens (tertiary/aromatic N) is 2. The number of benzene rings is 2. The molecule has 5 nitrogen and oxygen atoms in total. The number of aromatic nitrogens is 2. The van der Waals surface area contributed by atoms with E-state index in [1.54, 1.807) is 12.1 Å². The number of H-pyrrole nitrogens is 1. The Morgan fingerprint density at radius 3 is 2.81 bits per heavy atom. The second-order valence-corrected chi connectivity index (χ2v) is 6.95. The molecule has 1 aliphatic heterocycles. The van der Waals surface area contributed by atoms with Crippen LogP contribution in [0.5, 0.6) is 0 Å². The van der Waals surface area contributed by atoms with E-state index in [2.05, 4.69) is 15.5 Å². The van der Waals surface area contributed by atoms with Gasteiger partial charge in [-0.05, 0) is 25.1 Å². The fraction of sp³-hybridized carbons (Fsp3) is 0.200. The van der Waals surface area contributed by atoms with Crippen LogP contribution in [-0.2, 0) is 13.0 Å². The van der Waals surface area contributed by atoms with Crippen LogP contribution >= 0.6 is 11.6 Å². The van der Waals surface area contributed by atoms with E-state index in [4.69, 9.17) is 11.6 Å². The van der Waals surface area contributed by atoms with Crippen molar-refractivity contribution in [2.24, 2.45) is 0 Å². The van der Waals surface area contributed by atoms with E-state index in [9.17, 15) is 4.79 Å². The molecular formula is C20H19ClN4O. The van der Waals surface area contributed by atoms with Crippen LogP contribution in [0.25, 0.3) is 11.3 Å². The molecule has 1 aliphatic rings. The van der Waals surface area contributed by atoms with E-state index in [1.165, 1.54) is 0 Å². The maximum Gasteiger partial charge on any atom is 0.322 e. The number of rotatable bonds is 2. The highest BCUT2D eigenvalue weighted by atomic mass is 35.5. The molecule has 132 valence electrons. The Labute approximate surface area is 157 Å². The van der Waals surface area contributed by atoms with E-state index >= 15 is 0 Å². The molecule has 2 heterocycles. The third-order valence-corrected chi connectivity index (χ3v) is 4.93. The van der Waals surface area contributed by atoms with Crippen LogP contribution in [0.3, 0.4) is 0 Å². The summed E-state index contributed by atoms with van der Waals surface area (Å²) in [5.41, 5.74) is 4.83. The zero-order chi connectivity index (χ0) is 18.1. The van der Waals surface area contributed by atoms with Gasteiger partial charge in [0.15, 0.2) is 0 Å². The van der Waals surface area contributed by atoms with Crippen molar-refractivity contribution in [3.63, 3.8) is 0 Å². The topological polar surface area (TPSA) is 61.0 Å². The van der Waals surface area contributed by atoms with Crippen molar-refractivity contribution in [3.8, 4) is 11.3 Å². The molecule has 0 bridgehead atoms. The number of amides is 2. The number of carbonyl (C=O) groups excluding carboxylic acids is 1. The Balaban J connectivity index is 1.59. The second kappa shape index (κ2) is 6.84. The molecule has 2 amide bonds. The largest absolute Gasteiger partial charge is 0.322 e. The molecule has 0 saturated carbocycles. The summed E-state index contributed by atoms with van der Waals surface area (Å²) in [7, 11) is 0. The molecular weight excluding hydrogens is 348 g/mol. The summed E-state index contributed by atoms with van der Waals surface area (Å²) in [4.78, 5) is 14.6. The minimum atomic E-state index is -0.134. The Hall–Kier alpha value is -2.79. The van der Waals surface area contributed by atoms with Crippen molar-refractivity contribution < 1.29 is 4.79 Å². The highest BCUT2D eigenvalue weighted by Gasteiger charge is 2.30. The summed E-state index contributed by atoms with van der Waals surface area (Å²) in [6, 6.07) is 17.1. The maximum absolute atomic E-state index is 12.8. The number of urea groups is 1. The minimum Gasteiger partial charge on any atom is -0.317 e. The summed E-state index contributed by atoms with van der Waals surface area (Å²) >= 11 is 6.01. The van der Waals surface area contributed by atoms with Gasteiger partial charge in [-0.3, -0.25) is 5.10 Å². The first-order valence-corrected chi connectivity index (χ1v) is 8.94. The number of anilines is 1. The Kier molecular flexibility index (Phi) is 4.39. The highest BCUT2D eigenvalue weighted by molar-refractivity contribution is 6.30. The lowest BCUT2D eigenvalue weighted by molar-refractivity contribution is 0.182. The van der Waals surface area contributed by atoms with Crippen LogP contribution in [0.2, 0.25) is 5.02 Å². The molecule has 0 saturated heterocycles. The summed E-state index contributed by atoms with van der Waals surface area (Å²) in [5.74, 6) is 0. The molecule has 0 spiro atoms. The molecule has 6 heteroatoms. The monoisotopic (exact) mass is 366 g/mol. The zero-order valence-corrected chi connectivity index (χ0v) is 15.1. The van der Waals surface area contributed by atoms with Gasteiger partial charge in [-0.1, -0.05) is 48.0 Å². The van der Waals surface area contributed by atoms with Gasteiger partial charge < -0.3 is 10.2 Å². The van der Waals surface area contributed by atoms with E-state index in [1.807, 2.05) is 54.3 Å². The standard InChI is InChI=1S/C20H19ClN4O/c1-13-10-18-17(19(24-23-18)14-6-3-2-4-7-14)12-25(13)20(26)22-16-9-5-8-15(21)11-16/h2-9,11,13H,10,12H2,1H3,(H,22,26)(H,23,24)/t13-/m0/s1. The molecule has 2 aromatic carbocycles. The molecule has 4 rings (SSSR count). The Morgan fingerprint density at radius 1 is 1.23 bits per heavy atom. The summed E-state index contributed by atoms with van der Waals surface area (Å²) in [6.07, 6.45) is 0.748. The van der Waals surface area contributed by atoms with E-state index in [0.29, 0.717) is 17.3 Å². The molecule has 0 fully saturated rings. The Morgan fingerprint density at radius 2 is 2.04 bits per heavy atom. The number of fused-ring (bicyclic) bond motifs is 1. The average Bonchev–Trinajstić information content (AvgIpc) is 3.04. The third kappa shape index (κ3) is 3.18. The summed E-state index contributed by atoms with van der Waals surface area (Å²) < 4.78 is 0. The van der Waals surface area contributed by atoms with Crippen molar-refractivity contribution in [1.82, 2.24) is 15.1 Å². The summed E-state index contributed by atoms with van der Waals surface area (Å²) in [6.45, 7) is 2.56. The van der Waals surface area contributed by atoms with Crippen molar-refractivity contribution in [1.29, 1.82) is 0 Å². The third-order valence-electron chi connectivity index (χ3n) is 4.70. The van der Waals surface area contributed by atoms with Gasteiger partial charge in [-0.25, -0.2) is 4.79 Å². The van der Waals surface area contributed by atoms with Gasteiger partial charge in [0.25, 0.3) is 0 Å². The molecule has 0 unspecified atom stereocenters. The highest BCUT2D eigenvalue weighted by Crippen LogP contribution is 2.30. The number of aromatic amines is 1. The predicted octanol–water partition coefficient (Wildman–Crippen LogP) is 4.71. The van der Waals surface area contributed by atoms with Crippen molar-refractivity contribution in [2.45, 2.75) is 25.9 Å². The van der Waals surface area contributed by atoms with Gasteiger partial charge in [-0.15, -0.1) is 0 Å². The number of hydrogen-bond acceptors (Lipinski definition) is 2. The van der Waals surface area contributed by atoms with Gasteiger partial charge >= 0.3 is 6.03 Å². The van der Waals surface area contributed by atoms with Crippen LogP contribution in [0.4, 0.5) is 10.5 Å². The number of hydrogen-bond donors (Lipinski definition) is 2. The van der Waals surface area contributed by atoms with Crippen LogP contribution in [-0.4, -0.2) is 27.2 Å². The average molecular weight is 367 g/mol. The second-order valence-electron chi connectivity index (χ2n) is 6.52. The molecule has 26 heavy (non-hydrogen) atoms. The maximum atomic E-state index is 12.8. The Bertz CT molecular complexity index is 938. The first-order chi connectivity index (χ1) is 12.6. The van der Waals surface area contributed by atoms with Crippen LogP contribution in [0.1, 0.15) is 18.2 Å². The van der Waals surface area contributed by atoms with E-state index < -0.39 is 0 Å². The lowest BCUT2D eigenvalue weighted by atomic mass is 9.97. The SMILES string of the molecule is C[C@H]1Cc2[nH]nc(-c3ccccc3)c2CN1C(=O)Nc1cccc(Cl)c1. The lowest BCUT2D eigenvalue weighted by Crippen LogP contribution is -2.44. The van der Waals surface area contributed by atoms with Crippen molar-refractivity contribution >= 4 is 23.3 Å². The van der Waals surface area contributed by atoms with E-state index in [0.717, 1.165) is 28.9 Å². The van der Waals surface area contributed by atoms with Gasteiger partial charge in [0.1, 0.15) is 0 Å². The molecule has 1 aromatic heterocycles. The van der Waals surface area contributed by atoms with Gasteiger partial charge in [0.05, 0.1) is 12.2 Å². The number of nitrogens with one attached hydrogen (secondary N) is 2. The normalized spacial score (nSPS) is 16.2. The van der Waals surface area contributed by atoms with Crippen LogP contribution < -0.4 is 5.32 Å². The zero-order valence-electron chi connectivity index (χ0n) is 14.4. The van der Waals surface area contributed by atoms with Gasteiger partial charge in [0, 0.05) is 40.0 Å². The van der Waals surface area contributed by atoms with Crippen molar-refractivity contribution in [2.75, 3.05) is 5.32 Å². The van der Waals surface area contributed by atoms with Crippen LogP contribution in [0, 0.1) is 0 Å².